The van der Waals surface area contributed by atoms with Crippen molar-refractivity contribution in [2.75, 3.05) is 40.9 Å². The summed E-state index contributed by atoms with van der Waals surface area (Å²) in [4.78, 5) is 25.5. The van der Waals surface area contributed by atoms with E-state index in [4.69, 9.17) is 9.05 Å². The van der Waals surface area contributed by atoms with E-state index in [0.29, 0.717) is 17.4 Å². The van der Waals surface area contributed by atoms with Crippen molar-refractivity contribution in [1.82, 2.24) is 5.32 Å². The minimum atomic E-state index is -4.60. The first kappa shape index (κ1) is 65.9. The molecule has 68 heavy (non-hydrogen) atoms. The van der Waals surface area contributed by atoms with Gasteiger partial charge in [0.05, 0.1) is 39.9 Å². The topological polar surface area (TPSA) is 108 Å². The summed E-state index contributed by atoms with van der Waals surface area (Å²) in [7, 11) is 1.26. The Balaban J connectivity index is 4.12. The van der Waals surface area contributed by atoms with Gasteiger partial charge in [-0.05, 0) is 64.2 Å². The van der Waals surface area contributed by atoms with Gasteiger partial charge in [-0.25, -0.2) is 0 Å². The Morgan fingerprint density at radius 2 is 0.897 bits per heavy atom. The molecule has 8 nitrogen and oxygen atoms in total. The van der Waals surface area contributed by atoms with E-state index >= 15 is 0 Å². The zero-order valence-electron chi connectivity index (χ0n) is 45.0. The van der Waals surface area contributed by atoms with Crippen molar-refractivity contribution >= 4 is 13.7 Å². The van der Waals surface area contributed by atoms with Gasteiger partial charge >= 0.3 is 0 Å². The Morgan fingerprint density at radius 3 is 1.31 bits per heavy atom. The average molecular weight is 974 g/mol. The average Bonchev–Trinajstić information content (AvgIpc) is 3.30. The van der Waals surface area contributed by atoms with E-state index in [1.54, 1.807) is 6.08 Å². The summed E-state index contributed by atoms with van der Waals surface area (Å²) >= 11 is 0. The molecule has 0 aliphatic heterocycles. The molecule has 0 saturated carbocycles. The highest BCUT2D eigenvalue weighted by Crippen LogP contribution is 2.38. The van der Waals surface area contributed by atoms with Crippen LogP contribution in [-0.2, 0) is 18.4 Å². The first-order valence-electron chi connectivity index (χ1n) is 28.3. The number of carbonyl (C=O) groups excluding carboxylic acids is 1. The quantitative estimate of drug-likeness (QED) is 0.0272. The van der Waals surface area contributed by atoms with E-state index < -0.39 is 20.0 Å². The van der Waals surface area contributed by atoms with Crippen LogP contribution >= 0.6 is 7.82 Å². The van der Waals surface area contributed by atoms with E-state index in [2.05, 4.69) is 79.9 Å². The number of quaternary nitrogens is 1. The number of hydrogen-bond donors (Lipinski definition) is 2. The van der Waals surface area contributed by atoms with E-state index in [0.717, 1.165) is 70.6 Å². The second kappa shape index (κ2) is 49.9. The van der Waals surface area contributed by atoms with Crippen LogP contribution in [0.4, 0.5) is 0 Å². The van der Waals surface area contributed by atoms with Gasteiger partial charge in [0.15, 0.2) is 0 Å². The molecular weight excluding hydrogens is 864 g/mol. The third-order valence-corrected chi connectivity index (χ3v) is 13.4. The molecule has 0 aromatic carbocycles. The third kappa shape index (κ3) is 51.8. The highest BCUT2D eigenvalue weighted by Gasteiger charge is 2.23. The van der Waals surface area contributed by atoms with Crippen molar-refractivity contribution in [3.8, 4) is 0 Å². The molecule has 0 fully saturated rings. The predicted molar refractivity (Wildman–Crippen MR) is 293 cm³/mol. The predicted octanol–water partition coefficient (Wildman–Crippen LogP) is 16.5. The molecule has 9 heteroatoms. The molecule has 0 saturated heterocycles. The molecule has 0 rings (SSSR count). The number of allylic oxidation sites excluding steroid dienone is 11. The lowest BCUT2D eigenvalue weighted by Gasteiger charge is -2.29. The summed E-state index contributed by atoms with van der Waals surface area (Å²) in [6, 6.07) is -0.889. The van der Waals surface area contributed by atoms with Gasteiger partial charge in [-0.15, -0.1) is 0 Å². The molecule has 0 aromatic rings. The van der Waals surface area contributed by atoms with Crippen LogP contribution in [0.2, 0.25) is 0 Å². The number of phosphoric acid groups is 1. The third-order valence-electron chi connectivity index (χ3n) is 12.4. The number of hydrogen-bond acceptors (Lipinski definition) is 6. The van der Waals surface area contributed by atoms with Crippen LogP contribution in [0.3, 0.4) is 0 Å². The van der Waals surface area contributed by atoms with Gasteiger partial charge in [-0.3, -0.25) is 9.36 Å². The Labute approximate surface area is 421 Å². The number of unbranched alkanes of at least 4 members (excludes halogenated alkanes) is 28. The van der Waals surface area contributed by atoms with Gasteiger partial charge in [0.25, 0.3) is 7.82 Å². The minimum Gasteiger partial charge on any atom is -0.756 e. The molecule has 0 aliphatic carbocycles. The highest BCUT2D eigenvalue weighted by molar-refractivity contribution is 7.45. The SMILES string of the molecule is CC/C=C\C/C=C\C/C=C\C/C=C\C/C=C\CCCCCCCCCCCCCCCCCC(=O)NC(COP(=O)([O-])OCC[N+](C)(C)C)C(O)/C=C/CCCCCCCCCCCCCCC. The van der Waals surface area contributed by atoms with Crippen LogP contribution in [0.25, 0.3) is 0 Å². The molecule has 0 aromatic heterocycles. The number of carbonyl (C=O) groups is 1. The first-order chi connectivity index (χ1) is 33.0. The fourth-order valence-corrected chi connectivity index (χ4v) is 8.73. The molecule has 0 aliphatic rings. The number of aliphatic hydroxyl groups is 1. The summed E-state index contributed by atoms with van der Waals surface area (Å²) in [5, 5.41) is 13.9. The van der Waals surface area contributed by atoms with Gasteiger partial charge in [0.2, 0.25) is 5.91 Å². The van der Waals surface area contributed by atoms with Gasteiger partial charge in [-0.1, -0.05) is 247 Å². The standard InChI is InChI=1S/C59H109N2O6P/c1-6-8-10-12-14-16-18-20-22-23-24-25-26-27-28-29-30-31-32-33-34-35-36-37-39-41-43-45-47-49-51-53-59(63)60-57(56-67-68(64,65)66-55-54-61(3,4)5)58(62)52-50-48-46-44-42-40-38-21-19-17-15-13-11-9-7-2/h8,10,14,16,20,22,24-25,27-28,50,52,57-58,62H,6-7,9,11-13,15,17-19,21,23,26,29-49,51,53-56H2,1-5H3,(H-,60,63,64,65)/b10-8-,16-14-,22-20-,25-24-,28-27-,52-50+. The van der Waals surface area contributed by atoms with Gasteiger partial charge in [0, 0.05) is 6.42 Å². The number of rotatable bonds is 51. The zero-order chi connectivity index (χ0) is 49.9. The van der Waals surface area contributed by atoms with Gasteiger partial charge in [-0.2, -0.15) is 0 Å². The van der Waals surface area contributed by atoms with E-state index in [1.807, 2.05) is 27.2 Å². The number of phosphoric ester groups is 1. The number of amides is 1. The molecule has 2 N–H and O–H groups in total. The second-order valence-electron chi connectivity index (χ2n) is 20.3. The number of nitrogens with zero attached hydrogens (tertiary/aromatic N) is 1. The van der Waals surface area contributed by atoms with Crippen LogP contribution in [0.15, 0.2) is 72.9 Å². The van der Waals surface area contributed by atoms with Crippen LogP contribution in [-0.4, -0.2) is 68.5 Å². The highest BCUT2D eigenvalue weighted by atomic mass is 31.2. The van der Waals surface area contributed by atoms with Gasteiger partial charge < -0.3 is 28.8 Å². The van der Waals surface area contributed by atoms with Crippen molar-refractivity contribution in [2.24, 2.45) is 0 Å². The lowest BCUT2D eigenvalue weighted by Crippen LogP contribution is -2.45. The molecular formula is C59H109N2O6P. The molecule has 3 unspecified atom stereocenters. The summed E-state index contributed by atoms with van der Waals surface area (Å²) in [5.41, 5.74) is 0. The van der Waals surface area contributed by atoms with Crippen LogP contribution in [0, 0.1) is 0 Å². The van der Waals surface area contributed by atoms with E-state index in [1.165, 1.54) is 154 Å². The summed E-state index contributed by atoms with van der Waals surface area (Å²) in [6.45, 7) is 4.54. The number of nitrogens with one attached hydrogen (secondary N) is 1. The van der Waals surface area contributed by atoms with Crippen molar-refractivity contribution < 1.29 is 32.9 Å². The maximum absolute atomic E-state index is 12.9. The Hall–Kier alpha value is -2.06. The summed E-state index contributed by atoms with van der Waals surface area (Å²) in [6.07, 6.45) is 68.3. The number of likely N-dealkylation sites (N-methyl/N-ethyl adjacent to an activating group) is 1. The molecule has 3 atom stereocenters. The van der Waals surface area contributed by atoms with Crippen molar-refractivity contribution in [3.05, 3.63) is 72.9 Å². The molecule has 396 valence electrons. The van der Waals surface area contributed by atoms with E-state index in [-0.39, 0.29) is 19.1 Å². The maximum Gasteiger partial charge on any atom is 0.268 e. The molecule has 1 amide bonds. The fraction of sp³-hybridized carbons (Fsp3) is 0.780. The summed E-state index contributed by atoms with van der Waals surface area (Å²) < 4.78 is 23.3. The smallest absolute Gasteiger partial charge is 0.268 e. The van der Waals surface area contributed by atoms with E-state index in [9.17, 15) is 19.4 Å². The Kier molecular flexibility index (Phi) is 48.4. The molecule has 0 bridgehead atoms. The largest absolute Gasteiger partial charge is 0.756 e. The normalized spacial score (nSPS) is 14.5. The summed E-state index contributed by atoms with van der Waals surface area (Å²) in [5.74, 6) is -0.199. The maximum atomic E-state index is 12.9. The Morgan fingerprint density at radius 1 is 0.529 bits per heavy atom. The monoisotopic (exact) mass is 973 g/mol. The number of aliphatic hydroxyl groups excluding tert-OH is 1. The van der Waals surface area contributed by atoms with Crippen molar-refractivity contribution in [2.45, 2.75) is 257 Å². The fourth-order valence-electron chi connectivity index (χ4n) is 8.00. The molecule has 0 radical (unpaired) electrons. The van der Waals surface area contributed by atoms with Crippen LogP contribution < -0.4 is 10.2 Å². The van der Waals surface area contributed by atoms with Crippen LogP contribution in [0.5, 0.6) is 0 Å². The molecule has 0 heterocycles. The lowest BCUT2D eigenvalue weighted by atomic mass is 10.0. The van der Waals surface area contributed by atoms with Crippen molar-refractivity contribution in [3.63, 3.8) is 0 Å². The minimum absolute atomic E-state index is 0.00243. The molecule has 0 spiro atoms. The van der Waals surface area contributed by atoms with Crippen molar-refractivity contribution in [1.29, 1.82) is 0 Å². The second-order valence-corrected chi connectivity index (χ2v) is 21.7. The van der Waals surface area contributed by atoms with Crippen LogP contribution in [0.1, 0.15) is 245 Å². The lowest BCUT2D eigenvalue weighted by molar-refractivity contribution is -0.870. The van der Waals surface area contributed by atoms with Gasteiger partial charge in [0.1, 0.15) is 13.2 Å². The first-order valence-corrected chi connectivity index (χ1v) is 29.8. The Bertz CT molecular complexity index is 1330. The zero-order valence-corrected chi connectivity index (χ0v) is 45.9.